The van der Waals surface area contributed by atoms with Gasteiger partial charge in [0, 0.05) is 32.2 Å². The fourth-order valence-electron chi connectivity index (χ4n) is 2.40. The highest BCUT2D eigenvalue weighted by atomic mass is 15.3. The molecule has 0 radical (unpaired) electrons. The van der Waals surface area contributed by atoms with E-state index in [1.807, 2.05) is 12.1 Å². The molecule has 1 aromatic rings. The normalized spacial score (nSPS) is 18.3. The van der Waals surface area contributed by atoms with E-state index in [1.54, 1.807) is 6.07 Å². The van der Waals surface area contributed by atoms with Gasteiger partial charge < -0.3 is 10.6 Å². The maximum Gasteiger partial charge on any atom is 0.141 e. The summed E-state index contributed by atoms with van der Waals surface area (Å²) in [6.45, 7) is 8.62. The summed E-state index contributed by atoms with van der Waals surface area (Å²) in [6, 6.07) is 6.34. The maximum atomic E-state index is 7.45. The summed E-state index contributed by atoms with van der Waals surface area (Å²) < 4.78 is 0. The number of nitrogens with zero attached hydrogens (tertiary/aromatic N) is 3. The SMILES string of the molecule is CCC(C)N1CCN(c2cccc(C(=N)N)n2)CC1. The molecule has 19 heavy (non-hydrogen) atoms. The van der Waals surface area contributed by atoms with E-state index in [2.05, 4.69) is 28.6 Å². The second-order valence-corrected chi connectivity index (χ2v) is 5.07. The van der Waals surface area contributed by atoms with Crippen LogP contribution in [0.5, 0.6) is 0 Å². The summed E-state index contributed by atoms with van der Waals surface area (Å²) in [5, 5.41) is 7.45. The molecule has 0 bridgehead atoms. The molecule has 1 aliphatic heterocycles. The number of rotatable bonds is 4. The molecule has 3 N–H and O–H groups in total. The standard InChI is InChI=1S/C14H23N5/c1-3-11(2)18-7-9-19(10-8-18)13-6-4-5-12(17-13)14(15)16/h4-6,11H,3,7-10H2,1-2H3,(H3,15,16). The zero-order chi connectivity index (χ0) is 13.8. The third-order valence-electron chi connectivity index (χ3n) is 3.86. The van der Waals surface area contributed by atoms with Gasteiger partial charge in [0.05, 0.1) is 0 Å². The fourth-order valence-corrected chi connectivity index (χ4v) is 2.40. The van der Waals surface area contributed by atoms with Crippen LogP contribution in [-0.4, -0.2) is 47.9 Å². The first-order valence-corrected chi connectivity index (χ1v) is 6.92. The van der Waals surface area contributed by atoms with Gasteiger partial charge in [-0.3, -0.25) is 10.3 Å². The number of hydrogen-bond acceptors (Lipinski definition) is 4. The summed E-state index contributed by atoms with van der Waals surface area (Å²) in [5.74, 6) is 0.955. The predicted octanol–water partition coefficient (Wildman–Crippen LogP) is 1.29. The summed E-state index contributed by atoms with van der Waals surface area (Å²) >= 11 is 0. The monoisotopic (exact) mass is 261 g/mol. The van der Waals surface area contributed by atoms with Crippen LogP contribution in [0.2, 0.25) is 0 Å². The smallest absolute Gasteiger partial charge is 0.141 e. The highest BCUT2D eigenvalue weighted by Gasteiger charge is 2.21. The summed E-state index contributed by atoms with van der Waals surface area (Å²) in [4.78, 5) is 9.23. The van der Waals surface area contributed by atoms with Gasteiger partial charge in [-0.2, -0.15) is 0 Å². The van der Waals surface area contributed by atoms with Crippen LogP contribution in [0, 0.1) is 5.41 Å². The Hall–Kier alpha value is -1.62. The van der Waals surface area contributed by atoms with Crippen molar-refractivity contribution in [2.75, 3.05) is 31.1 Å². The van der Waals surface area contributed by atoms with Crippen molar-refractivity contribution in [3.63, 3.8) is 0 Å². The molecule has 1 saturated heterocycles. The molecule has 2 heterocycles. The van der Waals surface area contributed by atoms with Gasteiger partial charge in [0.2, 0.25) is 0 Å². The Balaban J connectivity index is 2.01. The van der Waals surface area contributed by atoms with E-state index >= 15 is 0 Å². The number of anilines is 1. The number of amidine groups is 1. The topological polar surface area (TPSA) is 69.2 Å². The number of piperazine rings is 1. The van der Waals surface area contributed by atoms with Crippen molar-refractivity contribution in [2.24, 2.45) is 5.73 Å². The van der Waals surface area contributed by atoms with E-state index in [9.17, 15) is 0 Å². The van der Waals surface area contributed by atoms with Crippen molar-refractivity contribution in [1.29, 1.82) is 5.41 Å². The van der Waals surface area contributed by atoms with E-state index in [0.29, 0.717) is 11.7 Å². The first-order chi connectivity index (χ1) is 9.11. The largest absolute Gasteiger partial charge is 0.382 e. The Bertz CT molecular complexity index is 437. The molecule has 2 rings (SSSR count). The third-order valence-corrected chi connectivity index (χ3v) is 3.86. The lowest BCUT2D eigenvalue weighted by Crippen LogP contribution is -2.49. The number of pyridine rings is 1. The summed E-state index contributed by atoms with van der Waals surface area (Å²) in [7, 11) is 0. The number of nitrogens with two attached hydrogens (primary N) is 1. The molecule has 0 aromatic carbocycles. The Morgan fingerprint density at radius 3 is 2.63 bits per heavy atom. The highest BCUT2D eigenvalue weighted by molar-refractivity contribution is 5.93. The van der Waals surface area contributed by atoms with E-state index < -0.39 is 0 Å². The van der Waals surface area contributed by atoms with E-state index in [-0.39, 0.29) is 5.84 Å². The lowest BCUT2D eigenvalue weighted by molar-refractivity contribution is 0.192. The molecule has 0 amide bonds. The van der Waals surface area contributed by atoms with Crippen LogP contribution < -0.4 is 10.6 Å². The van der Waals surface area contributed by atoms with Crippen LogP contribution in [0.3, 0.4) is 0 Å². The van der Waals surface area contributed by atoms with Crippen molar-refractivity contribution in [3.05, 3.63) is 23.9 Å². The zero-order valence-electron chi connectivity index (χ0n) is 11.8. The van der Waals surface area contributed by atoms with Crippen molar-refractivity contribution < 1.29 is 0 Å². The molecule has 0 saturated carbocycles. The van der Waals surface area contributed by atoms with Gasteiger partial charge in [0.1, 0.15) is 17.3 Å². The predicted molar refractivity (Wildman–Crippen MR) is 78.8 cm³/mol. The second kappa shape index (κ2) is 6.02. The van der Waals surface area contributed by atoms with Crippen molar-refractivity contribution >= 4 is 11.7 Å². The average molecular weight is 261 g/mol. The third kappa shape index (κ3) is 3.23. The van der Waals surface area contributed by atoms with Crippen molar-refractivity contribution in [3.8, 4) is 0 Å². The lowest BCUT2D eigenvalue weighted by atomic mass is 10.2. The Morgan fingerprint density at radius 1 is 1.37 bits per heavy atom. The number of nitrogen functional groups attached to an aromatic ring is 1. The van der Waals surface area contributed by atoms with Gasteiger partial charge >= 0.3 is 0 Å². The molecule has 0 aliphatic carbocycles. The average Bonchev–Trinajstić information content (AvgIpc) is 2.46. The molecular weight excluding hydrogens is 238 g/mol. The van der Waals surface area contributed by atoms with Gasteiger partial charge in [-0.05, 0) is 25.5 Å². The minimum absolute atomic E-state index is 0.0279. The number of nitrogens with one attached hydrogen (secondary N) is 1. The molecule has 1 aromatic heterocycles. The van der Waals surface area contributed by atoms with Crippen LogP contribution in [-0.2, 0) is 0 Å². The first kappa shape index (κ1) is 13.8. The van der Waals surface area contributed by atoms with Crippen molar-refractivity contribution in [1.82, 2.24) is 9.88 Å². The second-order valence-electron chi connectivity index (χ2n) is 5.07. The maximum absolute atomic E-state index is 7.45. The molecule has 1 aliphatic rings. The Kier molecular flexibility index (Phi) is 4.37. The molecule has 104 valence electrons. The zero-order valence-corrected chi connectivity index (χ0v) is 11.8. The van der Waals surface area contributed by atoms with Crippen LogP contribution in [0.1, 0.15) is 26.0 Å². The minimum Gasteiger partial charge on any atom is -0.382 e. The van der Waals surface area contributed by atoms with E-state index in [4.69, 9.17) is 11.1 Å². The lowest BCUT2D eigenvalue weighted by Gasteiger charge is -2.38. The quantitative estimate of drug-likeness (QED) is 0.633. The van der Waals surface area contributed by atoms with Crippen LogP contribution in [0.25, 0.3) is 0 Å². The van der Waals surface area contributed by atoms with Gasteiger partial charge in [-0.25, -0.2) is 4.98 Å². The Morgan fingerprint density at radius 2 is 2.05 bits per heavy atom. The number of hydrogen-bond donors (Lipinski definition) is 2. The van der Waals surface area contributed by atoms with Gasteiger partial charge in [-0.15, -0.1) is 0 Å². The molecular formula is C14H23N5. The molecule has 5 heteroatoms. The highest BCUT2D eigenvalue weighted by Crippen LogP contribution is 2.16. The van der Waals surface area contributed by atoms with Gasteiger partial charge in [0.25, 0.3) is 0 Å². The number of aromatic nitrogens is 1. The van der Waals surface area contributed by atoms with Crippen LogP contribution in [0.4, 0.5) is 5.82 Å². The van der Waals surface area contributed by atoms with E-state index in [0.717, 1.165) is 32.0 Å². The minimum atomic E-state index is 0.0279. The molecule has 0 spiro atoms. The molecule has 1 unspecified atom stereocenters. The molecule has 5 nitrogen and oxygen atoms in total. The summed E-state index contributed by atoms with van der Waals surface area (Å²) in [5.41, 5.74) is 6.04. The van der Waals surface area contributed by atoms with Crippen LogP contribution in [0.15, 0.2) is 18.2 Å². The van der Waals surface area contributed by atoms with Gasteiger partial charge in [0.15, 0.2) is 0 Å². The first-order valence-electron chi connectivity index (χ1n) is 6.92. The fraction of sp³-hybridized carbons (Fsp3) is 0.571. The van der Waals surface area contributed by atoms with Crippen LogP contribution >= 0.6 is 0 Å². The van der Waals surface area contributed by atoms with Crippen molar-refractivity contribution in [2.45, 2.75) is 26.3 Å². The molecule has 1 atom stereocenters. The Labute approximate surface area is 114 Å². The summed E-state index contributed by atoms with van der Waals surface area (Å²) in [6.07, 6.45) is 1.19. The molecule has 1 fully saturated rings. The van der Waals surface area contributed by atoms with E-state index in [1.165, 1.54) is 6.42 Å². The van der Waals surface area contributed by atoms with Gasteiger partial charge in [-0.1, -0.05) is 13.0 Å².